The van der Waals surface area contributed by atoms with Crippen LogP contribution in [0.15, 0.2) is 10.5 Å². The van der Waals surface area contributed by atoms with Crippen LogP contribution in [0, 0.1) is 13.8 Å². The molecule has 0 unspecified atom stereocenters. The van der Waals surface area contributed by atoms with Gasteiger partial charge in [0.1, 0.15) is 5.75 Å². The summed E-state index contributed by atoms with van der Waals surface area (Å²) in [5, 5.41) is 19.4. The second-order valence-electron chi connectivity index (χ2n) is 5.12. The van der Waals surface area contributed by atoms with E-state index in [1.165, 1.54) is 0 Å². The molecule has 1 fully saturated rings. The normalized spacial score (nSPS) is 17.9. The maximum Gasteiger partial charge on any atom is 0.314 e. The van der Waals surface area contributed by atoms with E-state index in [0.717, 1.165) is 29.5 Å². The zero-order chi connectivity index (χ0) is 13.5. The number of hydrogen-bond acceptors (Lipinski definition) is 2. The van der Waals surface area contributed by atoms with Crippen molar-refractivity contribution in [2.75, 3.05) is 0 Å². The number of aryl methyl sites for hydroxylation is 1. The maximum atomic E-state index is 11.7. The fraction of sp³-hybridized carbons (Fsp3) is 0.500. The quantitative estimate of drug-likeness (QED) is 0.876. The first-order valence-corrected chi connectivity index (χ1v) is 6.92. The standard InChI is InChI=1S/C14H17BrO3/c1-8-7-10(16)12(15)9(2)11(8)14(13(17)18)5-3-4-6-14/h7,16H,3-6H2,1-2H3,(H,17,18). The number of carbonyl (C=O) groups is 1. The molecular weight excluding hydrogens is 296 g/mol. The Morgan fingerprint density at radius 2 is 1.89 bits per heavy atom. The highest BCUT2D eigenvalue weighted by atomic mass is 79.9. The maximum absolute atomic E-state index is 11.7. The van der Waals surface area contributed by atoms with Gasteiger partial charge in [0.15, 0.2) is 0 Å². The average Bonchev–Trinajstić information content (AvgIpc) is 2.76. The predicted molar refractivity (Wildman–Crippen MR) is 73.1 cm³/mol. The lowest BCUT2D eigenvalue weighted by Crippen LogP contribution is -2.34. The van der Waals surface area contributed by atoms with E-state index in [9.17, 15) is 15.0 Å². The lowest BCUT2D eigenvalue weighted by atomic mass is 9.75. The zero-order valence-electron chi connectivity index (χ0n) is 10.6. The average molecular weight is 313 g/mol. The molecule has 2 rings (SSSR count). The zero-order valence-corrected chi connectivity index (χ0v) is 12.2. The van der Waals surface area contributed by atoms with Crippen LogP contribution in [0.2, 0.25) is 0 Å². The molecule has 1 saturated carbocycles. The second kappa shape index (κ2) is 4.57. The van der Waals surface area contributed by atoms with Gasteiger partial charge in [-0.25, -0.2) is 0 Å². The number of hydrogen-bond donors (Lipinski definition) is 2. The Bertz CT molecular complexity index is 502. The van der Waals surface area contributed by atoms with Crippen LogP contribution in [0.25, 0.3) is 0 Å². The molecule has 2 N–H and O–H groups in total. The van der Waals surface area contributed by atoms with Gasteiger partial charge in [-0.2, -0.15) is 0 Å². The van der Waals surface area contributed by atoms with Gasteiger partial charge in [0.2, 0.25) is 0 Å². The molecule has 4 heteroatoms. The molecular formula is C14H17BrO3. The van der Waals surface area contributed by atoms with E-state index in [-0.39, 0.29) is 5.75 Å². The lowest BCUT2D eigenvalue weighted by Gasteiger charge is -2.29. The Kier molecular flexibility index (Phi) is 3.41. The summed E-state index contributed by atoms with van der Waals surface area (Å²) in [6.07, 6.45) is 3.26. The monoisotopic (exact) mass is 312 g/mol. The van der Waals surface area contributed by atoms with Crippen LogP contribution >= 0.6 is 15.9 Å². The minimum absolute atomic E-state index is 0.173. The summed E-state index contributed by atoms with van der Waals surface area (Å²) in [6.45, 7) is 3.74. The predicted octanol–water partition coefficient (Wildman–Crippen LogP) is 3.67. The summed E-state index contributed by atoms with van der Waals surface area (Å²) in [7, 11) is 0. The number of aromatic hydroxyl groups is 1. The molecule has 1 aliphatic rings. The molecule has 0 aromatic heterocycles. The number of phenolic OH excluding ortho intramolecular Hbond substituents is 1. The minimum atomic E-state index is -0.773. The van der Waals surface area contributed by atoms with E-state index in [1.807, 2.05) is 13.8 Å². The summed E-state index contributed by atoms with van der Waals surface area (Å²) >= 11 is 3.34. The molecule has 18 heavy (non-hydrogen) atoms. The van der Waals surface area contributed by atoms with Gasteiger partial charge in [-0.05, 0) is 65.4 Å². The van der Waals surface area contributed by atoms with Gasteiger partial charge in [0, 0.05) is 0 Å². The Hall–Kier alpha value is -1.03. The number of benzene rings is 1. The van der Waals surface area contributed by atoms with Crippen molar-refractivity contribution in [3.05, 3.63) is 27.2 Å². The van der Waals surface area contributed by atoms with Crippen LogP contribution in [0.3, 0.4) is 0 Å². The van der Waals surface area contributed by atoms with Gasteiger partial charge < -0.3 is 10.2 Å². The summed E-state index contributed by atoms with van der Waals surface area (Å²) < 4.78 is 0.607. The Labute approximate surface area is 115 Å². The SMILES string of the molecule is Cc1cc(O)c(Br)c(C)c1C1(C(=O)O)CCCC1. The van der Waals surface area contributed by atoms with Crippen molar-refractivity contribution in [1.82, 2.24) is 0 Å². The highest BCUT2D eigenvalue weighted by Crippen LogP contribution is 2.46. The number of rotatable bonds is 2. The fourth-order valence-electron chi connectivity index (χ4n) is 3.22. The van der Waals surface area contributed by atoms with Crippen molar-refractivity contribution in [3.8, 4) is 5.75 Å². The van der Waals surface area contributed by atoms with E-state index in [0.29, 0.717) is 17.3 Å². The van der Waals surface area contributed by atoms with Crippen LogP contribution in [-0.2, 0) is 10.2 Å². The van der Waals surface area contributed by atoms with Crippen LogP contribution in [-0.4, -0.2) is 16.2 Å². The molecule has 0 radical (unpaired) electrons. The van der Waals surface area contributed by atoms with Gasteiger partial charge in [0.25, 0.3) is 0 Å². The van der Waals surface area contributed by atoms with Gasteiger partial charge in [-0.15, -0.1) is 0 Å². The van der Waals surface area contributed by atoms with Gasteiger partial charge in [-0.3, -0.25) is 4.79 Å². The van der Waals surface area contributed by atoms with Gasteiger partial charge >= 0.3 is 5.97 Å². The molecule has 1 aromatic rings. The molecule has 0 aliphatic heterocycles. The third-order valence-electron chi connectivity index (χ3n) is 4.02. The molecule has 0 saturated heterocycles. The number of aliphatic carboxylic acids is 1. The van der Waals surface area contributed by atoms with E-state index < -0.39 is 11.4 Å². The van der Waals surface area contributed by atoms with Crippen LogP contribution < -0.4 is 0 Å². The third-order valence-corrected chi connectivity index (χ3v) is 5.02. The number of phenols is 1. The molecule has 1 aromatic carbocycles. The topological polar surface area (TPSA) is 57.5 Å². The van der Waals surface area contributed by atoms with Crippen molar-refractivity contribution in [2.24, 2.45) is 0 Å². The first kappa shape index (κ1) is 13.4. The van der Waals surface area contributed by atoms with E-state index in [1.54, 1.807) is 6.07 Å². The Morgan fingerprint density at radius 1 is 1.33 bits per heavy atom. The van der Waals surface area contributed by atoms with Crippen molar-refractivity contribution < 1.29 is 15.0 Å². The molecule has 0 spiro atoms. The molecule has 0 heterocycles. The molecule has 0 bridgehead atoms. The highest BCUT2D eigenvalue weighted by molar-refractivity contribution is 9.10. The van der Waals surface area contributed by atoms with E-state index in [4.69, 9.17) is 0 Å². The first-order valence-electron chi connectivity index (χ1n) is 6.12. The highest BCUT2D eigenvalue weighted by Gasteiger charge is 2.45. The Balaban J connectivity index is 2.70. The van der Waals surface area contributed by atoms with E-state index in [2.05, 4.69) is 15.9 Å². The molecule has 0 amide bonds. The van der Waals surface area contributed by atoms with Crippen molar-refractivity contribution in [3.63, 3.8) is 0 Å². The van der Waals surface area contributed by atoms with Crippen molar-refractivity contribution >= 4 is 21.9 Å². The Morgan fingerprint density at radius 3 is 2.39 bits per heavy atom. The van der Waals surface area contributed by atoms with Crippen molar-refractivity contribution in [2.45, 2.75) is 44.9 Å². The van der Waals surface area contributed by atoms with Crippen LogP contribution in [0.1, 0.15) is 42.4 Å². The minimum Gasteiger partial charge on any atom is -0.507 e. The lowest BCUT2D eigenvalue weighted by molar-refractivity contribution is -0.143. The number of carboxylic acid groups (broad SMARTS) is 1. The summed E-state index contributed by atoms with van der Waals surface area (Å²) in [5.74, 6) is -0.573. The summed E-state index contributed by atoms with van der Waals surface area (Å²) in [4.78, 5) is 11.7. The molecule has 98 valence electrons. The van der Waals surface area contributed by atoms with Crippen LogP contribution in [0.4, 0.5) is 0 Å². The van der Waals surface area contributed by atoms with E-state index >= 15 is 0 Å². The number of carboxylic acids is 1. The fourth-order valence-corrected chi connectivity index (χ4v) is 3.54. The second-order valence-corrected chi connectivity index (χ2v) is 5.91. The molecule has 1 aliphatic carbocycles. The summed E-state index contributed by atoms with van der Waals surface area (Å²) in [5.41, 5.74) is 1.80. The van der Waals surface area contributed by atoms with Crippen LogP contribution in [0.5, 0.6) is 5.75 Å². The molecule has 3 nitrogen and oxygen atoms in total. The van der Waals surface area contributed by atoms with Gasteiger partial charge in [0.05, 0.1) is 9.89 Å². The van der Waals surface area contributed by atoms with Crippen molar-refractivity contribution in [1.29, 1.82) is 0 Å². The third kappa shape index (κ3) is 1.83. The largest absolute Gasteiger partial charge is 0.507 e. The molecule has 0 atom stereocenters. The van der Waals surface area contributed by atoms with Gasteiger partial charge in [-0.1, -0.05) is 12.8 Å². The smallest absolute Gasteiger partial charge is 0.314 e. The summed E-state index contributed by atoms with van der Waals surface area (Å²) in [6, 6.07) is 1.65. The number of halogens is 1. The first-order chi connectivity index (χ1) is 8.40.